The Bertz CT molecular complexity index is 532. The molecule has 4 nitrogen and oxygen atoms in total. The van der Waals surface area contributed by atoms with Crippen LogP contribution in [0.5, 0.6) is 5.75 Å². The molecule has 1 amide bonds. The van der Waals surface area contributed by atoms with Gasteiger partial charge in [-0.3, -0.25) is 4.79 Å². The normalized spacial score (nSPS) is 13.9. The van der Waals surface area contributed by atoms with Gasteiger partial charge in [0.2, 0.25) is 5.91 Å². The number of ether oxygens (including phenoxy) is 1. The molecular weight excluding hydrogens is 271 g/mol. The van der Waals surface area contributed by atoms with E-state index in [-0.39, 0.29) is 24.3 Å². The van der Waals surface area contributed by atoms with E-state index in [1.54, 1.807) is 19.1 Å². The molecule has 0 saturated heterocycles. The highest BCUT2D eigenvalue weighted by atomic mass is 19.1. The summed E-state index contributed by atoms with van der Waals surface area (Å²) in [4.78, 5) is 12.0. The van der Waals surface area contributed by atoms with Gasteiger partial charge in [0.15, 0.2) is 11.6 Å². The van der Waals surface area contributed by atoms with Gasteiger partial charge in [-0.1, -0.05) is 32.9 Å². The first-order valence-corrected chi connectivity index (χ1v) is 6.83. The molecule has 0 heterocycles. The smallest absolute Gasteiger partial charge is 0.238 e. The van der Waals surface area contributed by atoms with Crippen LogP contribution in [0.2, 0.25) is 0 Å². The van der Waals surface area contributed by atoms with Crippen LogP contribution in [0.1, 0.15) is 27.7 Å². The molecule has 1 aromatic carbocycles. The van der Waals surface area contributed by atoms with Gasteiger partial charge < -0.3 is 10.1 Å². The number of benzene rings is 1. The van der Waals surface area contributed by atoms with Crippen LogP contribution < -0.4 is 10.1 Å². The number of hydrogen-bond donors (Lipinski definition) is 1. The van der Waals surface area contributed by atoms with Crippen molar-refractivity contribution in [1.82, 2.24) is 5.32 Å². The summed E-state index contributed by atoms with van der Waals surface area (Å²) in [6.07, 6.45) is 0. The monoisotopic (exact) mass is 292 g/mol. The lowest BCUT2D eigenvalue weighted by Gasteiger charge is -2.25. The van der Waals surface area contributed by atoms with Crippen LogP contribution in [0.4, 0.5) is 4.39 Å². The molecule has 0 fully saturated rings. The van der Waals surface area contributed by atoms with Crippen LogP contribution in [0, 0.1) is 28.5 Å². The number of nitrogens with zero attached hydrogens (tertiary/aromatic N) is 1. The number of carbonyl (C=O) groups excluding carboxylic acids is 1. The maximum absolute atomic E-state index is 13.4. The van der Waals surface area contributed by atoms with Gasteiger partial charge in [0.25, 0.3) is 0 Å². The molecule has 0 aliphatic carbocycles. The molecule has 5 heteroatoms. The van der Waals surface area contributed by atoms with Gasteiger partial charge in [-0.25, -0.2) is 4.39 Å². The number of hydrogen-bond acceptors (Lipinski definition) is 3. The highest BCUT2D eigenvalue weighted by Crippen LogP contribution is 2.25. The topological polar surface area (TPSA) is 62.1 Å². The van der Waals surface area contributed by atoms with E-state index in [1.165, 1.54) is 12.1 Å². The van der Waals surface area contributed by atoms with E-state index in [0.29, 0.717) is 0 Å². The largest absolute Gasteiger partial charge is 0.488 e. The molecule has 1 aromatic rings. The summed E-state index contributed by atoms with van der Waals surface area (Å²) < 4.78 is 18.7. The third kappa shape index (κ3) is 5.07. The molecule has 0 radical (unpaired) electrons. The second-order valence-corrected chi connectivity index (χ2v) is 6.08. The van der Waals surface area contributed by atoms with Gasteiger partial charge >= 0.3 is 0 Å². The van der Waals surface area contributed by atoms with E-state index < -0.39 is 17.2 Å². The quantitative estimate of drug-likeness (QED) is 0.907. The second-order valence-electron chi connectivity index (χ2n) is 6.08. The lowest BCUT2D eigenvalue weighted by Crippen LogP contribution is -2.43. The molecule has 0 saturated carbocycles. The third-order valence-electron chi connectivity index (χ3n) is 2.97. The van der Waals surface area contributed by atoms with Crippen molar-refractivity contribution >= 4 is 5.91 Å². The molecule has 0 aliphatic rings. The molecule has 0 aliphatic heterocycles. The first-order chi connectivity index (χ1) is 9.75. The Morgan fingerprint density at radius 3 is 2.57 bits per heavy atom. The SMILES string of the molecule is C[C@H](COc1ccccc1F)NC(=O)[C@H](C#N)C(C)(C)C. The Hall–Kier alpha value is -2.09. The minimum absolute atomic E-state index is 0.134. The van der Waals surface area contributed by atoms with Crippen molar-refractivity contribution in [1.29, 1.82) is 5.26 Å². The van der Waals surface area contributed by atoms with Crippen molar-refractivity contribution in [3.63, 3.8) is 0 Å². The third-order valence-corrected chi connectivity index (χ3v) is 2.97. The summed E-state index contributed by atoms with van der Waals surface area (Å²) >= 11 is 0. The van der Waals surface area contributed by atoms with Crippen molar-refractivity contribution < 1.29 is 13.9 Å². The summed E-state index contributed by atoms with van der Waals surface area (Å²) in [6, 6.07) is 7.78. The molecule has 0 unspecified atom stereocenters. The van der Waals surface area contributed by atoms with Crippen molar-refractivity contribution in [2.45, 2.75) is 33.7 Å². The minimum atomic E-state index is -0.742. The fourth-order valence-corrected chi connectivity index (χ4v) is 1.79. The van der Waals surface area contributed by atoms with Crippen molar-refractivity contribution in [3.05, 3.63) is 30.1 Å². The van der Waals surface area contributed by atoms with E-state index in [2.05, 4.69) is 5.32 Å². The predicted octanol–water partition coefficient (Wildman–Crippen LogP) is 2.90. The molecule has 114 valence electrons. The maximum atomic E-state index is 13.4. The molecule has 1 N–H and O–H groups in total. The number of amides is 1. The first kappa shape index (κ1) is 17.0. The zero-order chi connectivity index (χ0) is 16.0. The highest BCUT2D eigenvalue weighted by Gasteiger charge is 2.31. The summed E-state index contributed by atoms with van der Waals surface area (Å²) in [7, 11) is 0. The van der Waals surface area contributed by atoms with E-state index in [1.807, 2.05) is 26.8 Å². The lowest BCUT2D eigenvalue weighted by atomic mass is 9.81. The molecular formula is C16H21FN2O2. The van der Waals surface area contributed by atoms with Gasteiger partial charge in [-0.05, 0) is 24.5 Å². The number of carbonyl (C=O) groups is 1. The van der Waals surface area contributed by atoms with Crippen molar-refractivity contribution in [3.8, 4) is 11.8 Å². The number of halogens is 1. The molecule has 0 spiro atoms. The van der Waals surface area contributed by atoms with Crippen LogP contribution in [0.15, 0.2) is 24.3 Å². The van der Waals surface area contributed by atoms with Crippen LogP contribution in [-0.2, 0) is 4.79 Å². The van der Waals surface area contributed by atoms with Gasteiger partial charge in [0.1, 0.15) is 12.5 Å². The molecule has 1 rings (SSSR count). The van der Waals surface area contributed by atoms with Crippen LogP contribution in [0.3, 0.4) is 0 Å². The average molecular weight is 292 g/mol. The number of rotatable bonds is 5. The highest BCUT2D eigenvalue weighted by molar-refractivity contribution is 5.82. The Balaban J connectivity index is 2.54. The zero-order valence-corrected chi connectivity index (χ0v) is 12.8. The number of para-hydroxylation sites is 1. The molecule has 2 atom stereocenters. The zero-order valence-electron chi connectivity index (χ0n) is 12.8. The van der Waals surface area contributed by atoms with Gasteiger partial charge in [-0.15, -0.1) is 0 Å². The maximum Gasteiger partial charge on any atom is 0.238 e. The van der Waals surface area contributed by atoms with Gasteiger partial charge in [0.05, 0.1) is 12.1 Å². The number of nitrogens with one attached hydrogen (secondary N) is 1. The van der Waals surface area contributed by atoms with Crippen LogP contribution in [0.25, 0.3) is 0 Å². The number of nitriles is 1. The van der Waals surface area contributed by atoms with E-state index in [0.717, 1.165) is 0 Å². The fraction of sp³-hybridized carbons (Fsp3) is 0.500. The first-order valence-electron chi connectivity index (χ1n) is 6.83. The minimum Gasteiger partial charge on any atom is -0.488 e. The van der Waals surface area contributed by atoms with E-state index >= 15 is 0 Å². The summed E-state index contributed by atoms with van der Waals surface area (Å²) in [5, 5.41) is 11.8. The van der Waals surface area contributed by atoms with Crippen molar-refractivity contribution in [2.75, 3.05) is 6.61 Å². The molecule has 0 bridgehead atoms. The molecule has 0 aromatic heterocycles. The fourth-order valence-electron chi connectivity index (χ4n) is 1.79. The Kier molecular flexibility index (Phi) is 5.71. The van der Waals surface area contributed by atoms with Gasteiger partial charge in [0, 0.05) is 0 Å². The Morgan fingerprint density at radius 1 is 1.43 bits per heavy atom. The predicted molar refractivity (Wildman–Crippen MR) is 78.1 cm³/mol. The van der Waals surface area contributed by atoms with Crippen LogP contribution >= 0.6 is 0 Å². The lowest BCUT2D eigenvalue weighted by molar-refractivity contribution is -0.126. The van der Waals surface area contributed by atoms with Gasteiger partial charge in [-0.2, -0.15) is 5.26 Å². The molecule has 21 heavy (non-hydrogen) atoms. The Morgan fingerprint density at radius 2 is 2.05 bits per heavy atom. The van der Waals surface area contributed by atoms with Crippen molar-refractivity contribution in [2.24, 2.45) is 11.3 Å². The van der Waals surface area contributed by atoms with Crippen LogP contribution in [-0.4, -0.2) is 18.6 Å². The summed E-state index contributed by atoms with van der Waals surface area (Å²) in [6.45, 7) is 7.38. The second kappa shape index (κ2) is 7.07. The van der Waals surface area contributed by atoms with E-state index in [9.17, 15) is 9.18 Å². The Labute approximate surface area is 124 Å². The summed E-state index contributed by atoms with van der Waals surface area (Å²) in [5.74, 6) is -1.38. The summed E-state index contributed by atoms with van der Waals surface area (Å²) in [5.41, 5.74) is -0.440. The average Bonchev–Trinajstić information content (AvgIpc) is 2.36. The standard InChI is InChI=1S/C16H21FN2O2/c1-11(10-21-14-8-6-5-7-13(14)17)19-15(20)12(9-18)16(2,3)4/h5-8,11-12H,10H2,1-4H3,(H,19,20)/t11-,12+/m1/s1. The van der Waals surface area contributed by atoms with E-state index in [4.69, 9.17) is 10.00 Å².